The molecule has 2 aliphatic rings. The van der Waals surface area contributed by atoms with Crippen molar-refractivity contribution >= 4 is 17.5 Å². The van der Waals surface area contributed by atoms with Gasteiger partial charge in [-0.2, -0.15) is 0 Å². The first-order chi connectivity index (χ1) is 16.4. The summed E-state index contributed by atoms with van der Waals surface area (Å²) in [4.78, 5) is 28.3. The fraction of sp³-hybridized carbons (Fsp3) is 0.444. The number of carbonyl (C=O) groups excluding carboxylic acids is 2. The summed E-state index contributed by atoms with van der Waals surface area (Å²) < 4.78 is 41.4. The van der Waals surface area contributed by atoms with Crippen LogP contribution in [0.2, 0.25) is 0 Å². The molecule has 0 aromatic heterocycles. The number of ether oxygens (including phenoxy) is 1. The van der Waals surface area contributed by atoms with Crippen LogP contribution in [0.25, 0.3) is 0 Å². The topological polar surface area (TPSA) is 58.6 Å². The number of nitrogens with zero attached hydrogens (tertiary/aromatic N) is 1. The summed E-state index contributed by atoms with van der Waals surface area (Å²) in [6, 6.07) is 12.4. The van der Waals surface area contributed by atoms with Crippen LogP contribution < -0.4 is 15.0 Å². The maximum Gasteiger partial charge on any atom is 0.573 e. The zero-order valence-corrected chi connectivity index (χ0v) is 20.1. The van der Waals surface area contributed by atoms with E-state index >= 15 is 0 Å². The maximum absolute atomic E-state index is 13.6. The van der Waals surface area contributed by atoms with E-state index in [1.165, 1.54) is 24.3 Å². The van der Waals surface area contributed by atoms with Gasteiger partial charge in [0.25, 0.3) is 0 Å². The zero-order valence-electron chi connectivity index (χ0n) is 20.1. The molecule has 1 saturated carbocycles. The van der Waals surface area contributed by atoms with Crippen molar-refractivity contribution in [3.05, 3.63) is 65.6 Å². The number of aryl methyl sites for hydroxylation is 1. The molecule has 2 aromatic carbocycles. The molecule has 2 unspecified atom stereocenters. The van der Waals surface area contributed by atoms with Gasteiger partial charge in [-0.1, -0.05) is 51.1 Å². The standard InChI is InChI=1S/C27H30F3N2O3/c1-26(2,3)21-14-13-20(21)24(33)31-22-15-10-18-6-4-5-7-23(18)32(25(22)34)16-17-8-11-19(12-9-17)35-27(28,29)30/h4-9,11-12,21-22H,10,13-16H2,1-3H3,(H,31,33). The highest BCUT2D eigenvalue weighted by molar-refractivity contribution is 6.02. The van der Waals surface area contributed by atoms with E-state index in [4.69, 9.17) is 0 Å². The van der Waals surface area contributed by atoms with Gasteiger partial charge in [-0.15, -0.1) is 13.2 Å². The van der Waals surface area contributed by atoms with Gasteiger partial charge in [-0.3, -0.25) is 9.59 Å². The van der Waals surface area contributed by atoms with E-state index < -0.39 is 12.4 Å². The molecular formula is C27H30F3N2O3. The van der Waals surface area contributed by atoms with Crippen molar-refractivity contribution in [2.45, 2.75) is 65.4 Å². The predicted molar refractivity (Wildman–Crippen MR) is 126 cm³/mol. The number of halogens is 3. The van der Waals surface area contributed by atoms with E-state index in [1.54, 1.807) is 4.90 Å². The first kappa shape index (κ1) is 25.1. The van der Waals surface area contributed by atoms with Crippen LogP contribution in [-0.2, 0) is 22.6 Å². The summed E-state index contributed by atoms with van der Waals surface area (Å²) in [6.45, 7) is 6.51. The van der Waals surface area contributed by atoms with Crippen LogP contribution >= 0.6 is 0 Å². The second-order valence-electron chi connectivity index (χ2n) is 10.3. The summed E-state index contributed by atoms with van der Waals surface area (Å²) in [5.41, 5.74) is 2.37. The average Bonchev–Trinajstić information content (AvgIpc) is 2.84. The normalized spacial score (nSPS) is 21.1. The minimum atomic E-state index is -4.77. The Morgan fingerprint density at radius 1 is 1.03 bits per heavy atom. The molecule has 1 radical (unpaired) electrons. The molecule has 2 atom stereocenters. The smallest absolute Gasteiger partial charge is 0.406 e. The van der Waals surface area contributed by atoms with Gasteiger partial charge in [0.15, 0.2) is 0 Å². The second-order valence-corrected chi connectivity index (χ2v) is 10.3. The Morgan fingerprint density at radius 3 is 2.31 bits per heavy atom. The second kappa shape index (κ2) is 9.55. The number of amides is 2. The van der Waals surface area contributed by atoms with Crippen molar-refractivity contribution in [3.63, 3.8) is 0 Å². The Hall–Kier alpha value is -3.03. The number of para-hydroxylation sites is 1. The third-order valence-electron chi connectivity index (χ3n) is 6.81. The fourth-order valence-corrected chi connectivity index (χ4v) is 4.90. The highest BCUT2D eigenvalue weighted by atomic mass is 19.4. The molecular weight excluding hydrogens is 457 g/mol. The van der Waals surface area contributed by atoms with E-state index in [9.17, 15) is 22.8 Å². The summed E-state index contributed by atoms with van der Waals surface area (Å²) in [7, 11) is 0. The number of alkyl halides is 3. The third kappa shape index (κ3) is 5.80. The molecule has 1 aliphatic heterocycles. The number of nitrogens with one attached hydrogen (secondary N) is 1. The molecule has 5 nitrogen and oxygen atoms in total. The fourth-order valence-electron chi connectivity index (χ4n) is 4.90. The lowest BCUT2D eigenvalue weighted by atomic mass is 9.61. The molecule has 187 valence electrons. The van der Waals surface area contributed by atoms with Gasteiger partial charge in [-0.25, -0.2) is 0 Å². The third-order valence-corrected chi connectivity index (χ3v) is 6.81. The monoisotopic (exact) mass is 487 g/mol. The van der Waals surface area contributed by atoms with E-state index in [1.807, 2.05) is 24.3 Å². The number of carbonyl (C=O) groups is 2. The molecule has 1 aliphatic carbocycles. The van der Waals surface area contributed by atoms with E-state index in [2.05, 4.69) is 30.8 Å². The molecule has 1 fully saturated rings. The molecule has 0 spiro atoms. The Morgan fingerprint density at radius 2 is 1.71 bits per heavy atom. The molecule has 0 saturated heterocycles. The Kier molecular flexibility index (Phi) is 6.84. The average molecular weight is 488 g/mol. The largest absolute Gasteiger partial charge is 0.573 e. The van der Waals surface area contributed by atoms with Crippen LogP contribution in [0, 0.1) is 17.3 Å². The van der Waals surface area contributed by atoms with Gasteiger partial charge in [0.05, 0.1) is 12.5 Å². The number of benzene rings is 2. The van der Waals surface area contributed by atoms with E-state index in [-0.39, 0.29) is 35.4 Å². The van der Waals surface area contributed by atoms with Crippen molar-refractivity contribution in [2.75, 3.05) is 4.90 Å². The highest BCUT2D eigenvalue weighted by Crippen LogP contribution is 2.47. The van der Waals surface area contributed by atoms with Gasteiger partial charge in [0.2, 0.25) is 11.8 Å². The van der Waals surface area contributed by atoms with Crippen LogP contribution in [0.4, 0.5) is 18.9 Å². The van der Waals surface area contributed by atoms with Crippen LogP contribution in [0.15, 0.2) is 48.5 Å². The Bertz CT molecular complexity index is 1080. The first-order valence-electron chi connectivity index (χ1n) is 11.8. The molecule has 1 N–H and O–H groups in total. The number of rotatable bonds is 5. The van der Waals surface area contributed by atoms with Crippen LogP contribution in [0.1, 0.15) is 51.2 Å². The van der Waals surface area contributed by atoms with Gasteiger partial charge in [0.1, 0.15) is 11.8 Å². The van der Waals surface area contributed by atoms with Crippen molar-refractivity contribution < 1.29 is 27.5 Å². The van der Waals surface area contributed by atoms with E-state index in [0.29, 0.717) is 18.4 Å². The van der Waals surface area contributed by atoms with Crippen molar-refractivity contribution in [1.29, 1.82) is 0 Å². The van der Waals surface area contributed by atoms with Crippen molar-refractivity contribution in [2.24, 2.45) is 11.3 Å². The molecule has 0 bridgehead atoms. The number of hydrogen-bond donors (Lipinski definition) is 1. The molecule has 8 heteroatoms. The van der Waals surface area contributed by atoms with Crippen molar-refractivity contribution in [1.82, 2.24) is 5.32 Å². The van der Waals surface area contributed by atoms with Crippen LogP contribution in [-0.4, -0.2) is 24.2 Å². The molecule has 1 heterocycles. The van der Waals surface area contributed by atoms with Crippen molar-refractivity contribution in [3.8, 4) is 5.75 Å². The molecule has 35 heavy (non-hydrogen) atoms. The summed E-state index contributed by atoms with van der Waals surface area (Å²) in [6.07, 6.45) is -1.96. The first-order valence-corrected chi connectivity index (χ1v) is 11.8. The van der Waals surface area contributed by atoms with Gasteiger partial charge < -0.3 is 15.0 Å². The Balaban J connectivity index is 1.53. The minimum Gasteiger partial charge on any atom is -0.406 e. The lowest BCUT2D eigenvalue weighted by Crippen LogP contribution is -2.52. The lowest BCUT2D eigenvalue weighted by Gasteiger charge is -2.44. The molecule has 2 amide bonds. The number of fused-ring (bicyclic) bond motifs is 1. The molecule has 2 aromatic rings. The summed E-state index contributed by atoms with van der Waals surface area (Å²) in [5.74, 6) is 0.341. The van der Waals surface area contributed by atoms with Crippen LogP contribution in [0.3, 0.4) is 0 Å². The quantitative estimate of drug-likeness (QED) is 0.599. The highest BCUT2D eigenvalue weighted by Gasteiger charge is 2.45. The summed E-state index contributed by atoms with van der Waals surface area (Å²) in [5, 5.41) is 2.99. The zero-order chi connectivity index (χ0) is 25.4. The number of hydrogen-bond acceptors (Lipinski definition) is 3. The molecule has 4 rings (SSSR count). The number of anilines is 1. The van der Waals surface area contributed by atoms with Crippen LogP contribution in [0.5, 0.6) is 5.75 Å². The predicted octanol–water partition coefficient (Wildman–Crippen LogP) is 5.58. The summed E-state index contributed by atoms with van der Waals surface area (Å²) >= 11 is 0. The Labute approximate surface area is 203 Å². The lowest BCUT2D eigenvalue weighted by molar-refractivity contribution is -0.274. The maximum atomic E-state index is 13.6. The van der Waals surface area contributed by atoms with Gasteiger partial charge in [-0.05, 0) is 66.3 Å². The minimum absolute atomic E-state index is 0.0113. The van der Waals surface area contributed by atoms with Gasteiger partial charge in [0, 0.05) is 5.69 Å². The van der Waals surface area contributed by atoms with E-state index in [0.717, 1.165) is 30.0 Å². The SMILES string of the molecule is CC(C)(C)C1CC[C]1C(=O)NC1CCc2ccccc2N(Cc2ccc(OC(F)(F)F)cc2)C1=O. The van der Waals surface area contributed by atoms with Gasteiger partial charge >= 0.3 is 6.36 Å².